The molecule has 0 aliphatic rings. The number of hydrogen-bond acceptors (Lipinski definition) is 5. The Morgan fingerprint density at radius 3 is 2.81 bits per heavy atom. The molecule has 0 amide bonds. The third-order valence-corrected chi connectivity index (χ3v) is 4.41. The fraction of sp³-hybridized carbons (Fsp3) is 0.308. The maximum Gasteiger partial charge on any atom is 0.240 e. The van der Waals surface area contributed by atoms with Crippen LogP contribution in [0.25, 0.3) is 0 Å². The number of rotatable bonds is 6. The Balaban J connectivity index is 2.19. The summed E-state index contributed by atoms with van der Waals surface area (Å²) in [5.74, 6) is 0.349. The number of sulfonamides is 1. The van der Waals surface area contributed by atoms with Crippen LogP contribution >= 0.6 is 0 Å². The molecule has 0 saturated carbocycles. The quantitative estimate of drug-likeness (QED) is 0.803. The highest BCUT2D eigenvalue weighted by Crippen LogP contribution is 2.12. The van der Waals surface area contributed by atoms with Crippen LogP contribution in [0.5, 0.6) is 0 Å². The minimum Gasteiger partial charge on any atom is -0.317 e. The van der Waals surface area contributed by atoms with Gasteiger partial charge in [-0.2, -0.15) is 0 Å². The molecular formula is C13H16N4O3S. The van der Waals surface area contributed by atoms with Gasteiger partial charge in [0.25, 0.3) is 0 Å². The van der Waals surface area contributed by atoms with Crippen molar-refractivity contribution in [1.29, 1.82) is 0 Å². The number of carbonyl (C=O) groups is 1. The SMILES string of the molecule is CCn1cnnc1CNS(=O)(=O)c1cccc(C(C)=O)c1. The van der Waals surface area contributed by atoms with Crippen molar-refractivity contribution in [3.05, 3.63) is 42.0 Å². The topological polar surface area (TPSA) is 93.9 Å². The molecule has 8 heteroatoms. The fourth-order valence-corrected chi connectivity index (χ4v) is 2.83. The van der Waals surface area contributed by atoms with E-state index in [0.717, 1.165) is 0 Å². The predicted octanol–water partition coefficient (Wildman–Crippen LogP) is 0.979. The van der Waals surface area contributed by atoms with Gasteiger partial charge in [-0.1, -0.05) is 12.1 Å². The van der Waals surface area contributed by atoms with Crippen LogP contribution in [0.15, 0.2) is 35.5 Å². The number of Topliss-reactive ketones (excluding diaryl/α,β-unsaturated/α-hetero) is 1. The average Bonchev–Trinajstić information content (AvgIpc) is 2.93. The molecule has 0 radical (unpaired) electrons. The summed E-state index contributed by atoms with van der Waals surface area (Å²) < 4.78 is 28.6. The van der Waals surface area contributed by atoms with Gasteiger partial charge < -0.3 is 4.57 Å². The molecule has 0 aliphatic heterocycles. The summed E-state index contributed by atoms with van der Waals surface area (Å²) in [5.41, 5.74) is 0.356. The highest BCUT2D eigenvalue weighted by molar-refractivity contribution is 7.89. The molecule has 2 rings (SSSR count). The lowest BCUT2D eigenvalue weighted by Gasteiger charge is -2.08. The summed E-state index contributed by atoms with van der Waals surface area (Å²) in [7, 11) is -3.70. The van der Waals surface area contributed by atoms with Crippen molar-refractivity contribution < 1.29 is 13.2 Å². The van der Waals surface area contributed by atoms with Gasteiger partial charge in [0.15, 0.2) is 5.78 Å². The molecule has 0 atom stereocenters. The van der Waals surface area contributed by atoms with Crippen LogP contribution in [0, 0.1) is 0 Å². The first-order valence-corrected chi connectivity index (χ1v) is 7.89. The first kappa shape index (κ1) is 15.3. The number of ketones is 1. The number of aromatic nitrogens is 3. The van der Waals surface area contributed by atoms with Gasteiger partial charge in [0, 0.05) is 12.1 Å². The molecule has 0 unspecified atom stereocenters. The Bertz CT molecular complexity index is 752. The smallest absolute Gasteiger partial charge is 0.240 e. The lowest BCUT2D eigenvalue weighted by molar-refractivity contribution is 0.101. The molecule has 1 aromatic carbocycles. The van der Waals surface area contributed by atoms with Gasteiger partial charge in [-0.3, -0.25) is 4.79 Å². The molecule has 112 valence electrons. The second kappa shape index (κ2) is 6.15. The normalized spacial score (nSPS) is 11.5. The third-order valence-electron chi connectivity index (χ3n) is 3.01. The van der Waals surface area contributed by atoms with E-state index in [1.54, 1.807) is 23.0 Å². The van der Waals surface area contributed by atoms with Crippen LogP contribution in [0.3, 0.4) is 0 Å². The maximum absolute atomic E-state index is 12.2. The molecule has 21 heavy (non-hydrogen) atoms. The van der Waals surface area contributed by atoms with Crippen LogP contribution < -0.4 is 4.72 Å². The summed E-state index contributed by atoms with van der Waals surface area (Å²) in [6.45, 7) is 4.00. The summed E-state index contributed by atoms with van der Waals surface area (Å²) in [6, 6.07) is 5.92. The zero-order valence-corrected chi connectivity index (χ0v) is 12.6. The van der Waals surface area contributed by atoms with Crippen LogP contribution in [-0.4, -0.2) is 29.0 Å². The van der Waals surface area contributed by atoms with E-state index in [1.165, 1.54) is 19.1 Å². The van der Waals surface area contributed by atoms with Gasteiger partial charge in [0.1, 0.15) is 12.2 Å². The van der Waals surface area contributed by atoms with E-state index in [9.17, 15) is 13.2 Å². The molecule has 2 aromatic rings. The highest BCUT2D eigenvalue weighted by Gasteiger charge is 2.16. The molecule has 1 heterocycles. The van der Waals surface area contributed by atoms with Crippen molar-refractivity contribution >= 4 is 15.8 Å². The first-order valence-electron chi connectivity index (χ1n) is 6.41. The second-order valence-corrected chi connectivity index (χ2v) is 6.21. The fourth-order valence-electron chi connectivity index (χ4n) is 1.81. The van der Waals surface area contributed by atoms with Gasteiger partial charge in [-0.25, -0.2) is 13.1 Å². The van der Waals surface area contributed by atoms with Crippen LogP contribution in [0.4, 0.5) is 0 Å². The van der Waals surface area contributed by atoms with Crippen molar-refractivity contribution in [1.82, 2.24) is 19.5 Å². The van der Waals surface area contributed by atoms with Crippen LogP contribution in [0.2, 0.25) is 0 Å². The van der Waals surface area contributed by atoms with Crippen molar-refractivity contribution in [3.8, 4) is 0 Å². The van der Waals surface area contributed by atoms with E-state index in [-0.39, 0.29) is 17.2 Å². The van der Waals surface area contributed by atoms with Gasteiger partial charge in [0.2, 0.25) is 10.0 Å². The predicted molar refractivity (Wildman–Crippen MR) is 76.2 cm³/mol. The Hall–Kier alpha value is -2.06. The zero-order chi connectivity index (χ0) is 15.5. The van der Waals surface area contributed by atoms with Crippen LogP contribution in [-0.2, 0) is 23.1 Å². The van der Waals surface area contributed by atoms with Crippen LogP contribution in [0.1, 0.15) is 30.0 Å². The van der Waals surface area contributed by atoms with E-state index in [0.29, 0.717) is 17.9 Å². The Kier molecular flexibility index (Phi) is 4.49. The van der Waals surface area contributed by atoms with Gasteiger partial charge >= 0.3 is 0 Å². The Labute approximate surface area is 123 Å². The molecule has 0 aliphatic carbocycles. The van der Waals surface area contributed by atoms with Gasteiger partial charge in [-0.05, 0) is 26.0 Å². The summed E-state index contributed by atoms with van der Waals surface area (Å²) in [6.07, 6.45) is 1.54. The number of benzene rings is 1. The number of carbonyl (C=O) groups excluding carboxylic acids is 1. The molecule has 0 fully saturated rings. The minimum absolute atomic E-state index is 0.0421. The molecule has 0 spiro atoms. The van der Waals surface area contributed by atoms with E-state index in [1.807, 2.05) is 6.92 Å². The first-order chi connectivity index (χ1) is 9.94. The zero-order valence-electron chi connectivity index (χ0n) is 11.8. The molecule has 0 saturated heterocycles. The van der Waals surface area contributed by atoms with Crippen molar-refractivity contribution in [3.63, 3.8) is 0 Å². The molecule has 1 aromatic heterocycles. The van der Waals surface area contributed by atoms with Gasteiger partial charge in [-0.15, -0.1) is 10.2 Å². The van der Waals surface area contributed by atoms with Crippen molar-refractivity contribution in [2.45, 2.75) is 31.8 Å². The maximum atomic E-state index is 12.2. The molecule has 7 nitrogen and oxygen atoms in total. The minimum atomic E-state index is -3.70. The summed E-state index contributed by atoms with van der Waals surface area (Å²) in [5, 5.41) is 7.60. The Morgan fingerprint density at radius 2 is 2.14 bits per heavy atom. The van der Waals surface area contributed by atoms with Crippen molar-refractivity contribution in [2.75, 3.05) is 0 Å². The standard InChI is InChI=1S/C13H16N4O3S/c1-3-17-9-14-16-13(17)8-15-21(19,20)12-6-4-5-11(7-12)10(2)18/h4-7,9,15H,3,8H2,1-2H3. The largest absolute Gasteiger partial charge is 0.317 e. The number of nitrogens with zero attached hydrogens (tertiary/aromatic N) is 3. The molecule has 0 bridgehead atoms. The third kappa shape index (κ3) is 3.53. The lowest BCUT2D eigenvalue weighted by atomic mass is 10.2. The van der Waals surface area contributed by atoms with E-state index in [4.69, 9.17) is 0 Å². The molecule has 1 N–H and O–H groups in total. The Morgan fingerprint density at radius 1 is 1.38 bits per heavy atom. The van der Waals surface area contributed by atoms with E-state index >= 15 is 0 Å². The average molecular weight is 308 g/mol. The summed E-state index contributed by atoms with van der Waals surface area (Å²) >= 11 is 0. The second-order valence-electron chi connectivity index (χ2n) is 4.44. The lowest BCUT2D eigenvalue weighted by Crippen LogP contribution is -2.25. The molecular weight excluding hydrogens is 292 g/mol. The number of hydrogen-bond donors (Lipinski definition) is 1. The highest BCUT2D eigenvalue weighted by atomic mass is 32.2. The monoisotopic (exact) mass is 308 g/mol. The number of nitrogens with one attached hydrogen (secondary N) is 1. The van der Waals surface area contributed by atoms with Gasteiger partial charge in [0.05, 0.1) is 11.4 Å². The van der Waals surface area contributed by atoms with E-state index in [2.05, 4.69) is 14.9 Å². The van der Waals surface area contributed by atoms with Crippen molar-refractivity contribution in [2.24, 2.45) is 0 Å². The van der Waals surface area contributed by atoms with E-state index < -0.39 is 10.0 Å². The number of aryl methyl sites for hydroxylation is 1. The summed E-state index contributed by atoms with van der Waals surface area (Å²) in [4.78, 5) is 11.4.